The average Bonchev–Trinajstić information content (AvgIpc) is 0.747. The Kier molecular flexibility index (Phi) is 50.4. The molecule has 0 aliphatic carbocycles. The first-order valence-corrected chi connectivity index (χ1v) is 45.2. The summed E-state index contributed by atoms with van der Waals surface area (Å²) in [7, 11) is 0. The van der Waals surface area contributed by atoms with Gasteiger partial charge < -0.3 is 170 Å². The second-order valence-corrected chi connectivity index (χ2v) is 34.2. The van der Waals surface area contributed by atoms with Crippen LogP contribution in [-0.4, -0.2) is 366 Å². The molecular formula is C85H148N4O38. The SMILES string of the molecule is CCCCCCCCCCCCC/C=C/[C@@H](O)[C@H](CO[C@@H]1OC(CO)[C@@H](O[C@@H]2OC(CO)[C@H](O)[C@H](O[C@]3(C(=O)O)CC(O)[C@@H](NC(C)=O)C([C@H](O)[C@@H](CO)O[C@]4(C(=O)O)CC(O)[C@@H](NC(C)=O)C([C@H](O)[C@@H](CO)O[C@]5(C(=O)O)CC(O)[C@@H](NC(C)=O)C([C@H](O)[C@H](O)COC(C)=O)O5)O4)O3)C2O)[C@H](O)C1O)NC(=O)CCCCCCCCCCCCCCCCCCC. The Hall–Kier alpha value is -5.54. The molecule has 5 heterocycles. The third kappa shape index (κ3) is 34.5. The van der Waals surface area contributed by atoms with Gasteiger partial charge in [-0.3, -0.25) is 24.0 Å². The number of esters is 1. The predicted octanol–water partition coefficient (Wildman–Crippen LogP) is -1.14. The van der Waals surface area contributed by atoms with Crippen LogP contribution in [0.3, 0.4) is 0 Å². The summed E-state index contributed by atoms with van der Waals surface area (Å²) in [5.74, 6) is -21.7. The van der Waals surface area contributed by atoms with E-state index in [4.69, 9.17) is 52.1 Å². The summed E-state index contributed by atoms with van der Waals surface area (Å²) in [4.78, 5) is 104. The lowest BCUT2D eigenvalue weighted by Gasteiger charge is -2.51. The largest absolute Gasteiger partial charge is 0.477 e. The highest BCUT2D eigenvalue weighted by molar-refractivity contribution is 5.79. The summed E-state index contributed by atoms with van der Waals surface area (Å²) in [5.41, 5.74) is 0. The van der Waals surface area contributed by atoms with Crippen molar-refractivity contribution in [3.05, 3.63) is 12.2 Å². The van der Waals surface area contributed by atoms with Crippen LogP contribution in [0, 0.1) is 0 Å². The van der Waals surface area contributed by atoms with Gasteiger partial charge in [-0.25, -0.2) is 14.4 Å². The summed E-state index contributed by atoms with van der Waals surface area (Å²) in [6, 6.07) is -7.09. The van der Waals surface area contributed by atoms with Gasteiger partial charge in [0, 0.05) is 53.4 Å². The van der Waals surface area contributed by atoms with Gasteiger partial charge in [0.1, 0.15) is 110 Å². The quantitative estimate of drug-likeness (QED) is 0.0194. The molecule has 23 N–H and O–H groups in total. The number of carbonyl (C=O) groups excluding carboxylic acids is 5. The van der Waals surface area contributed by atoms with Crippen LogP contribution in [0.2, 0.25) is 0 Å². The number of allylic oxidation sites excluding steroid dienone is 1. The maximum Gasteiger partial charge on any atom is 0.364 e. The number of aliphatic hydroxyl groups excluding tert-OH is 16. The second kappa shape index (κ2) is 57.1. The first-order chi connectivity index (χ1) is 60.4. The van der Waals surface area contributed by atoms with Crippen LogP contribution in [0.1, 0.15) is 253 Å². The molecule has 0 spiro atoms. The molecule has 127 heavy (non-hydrogen) atoms. The number of nitrogens with one attached hydrogen (secondary N) is 4. The predicted molar refractivity (Wildman–Crippen MR) is 443 cm³/mol. The number of carboxylic acids is 3. The van der Waals surface area contributed by atoms with Crippen molar-refractivity contribution >= 4 is 47.5 Å². The lowest BCUT2D eigenvalue weighted by molar-refractivity contribution is -0.388. The van der Waals surface area contributed by atoms with Crippen LogP contribution < -0.4 is 21.3 Å². The lowest BCUT2D eigenvalue weighted by atomic mass is 9.86. The number of unbranched alkanes of at least 4 members (excludes halogenated alkanes) is 27. The van der Waals surface area contributed by atoms with Crippen molar-refractivity contribution in [3.63, 3.8) is 0 Å². The molecule has 4 amide bonds. The van der Waals surface area contributed by atoms with E-state index in [2.05, 4.69) is 35.1 Å². The number of amides is 4. The van der Waals surface area contributed by atoms with Crippen LogP contribution in [0.5, 0.6) is 0 Å². The smallest absolute Gasteiger partial charge is 0.364 e. The molecule has 0 aromatic carbocycles. The van der Waals surface area contributed by atoms with Crippen molar-refractivity contribution in [1.82, 2.24) is 21.3 Å². The summed E-state index contributed by atoms with van der Waals surface area (Å²) >= 11 is 0. The first-order valence-electron chi connectivity index (χ1n) is 45.2. The molecule has 5 aliphatic rings. The van der Waals surface area contributed by atoms with Crippen molar-refractivity contribution in [2.24, 2.45) is 0 Å². The van der Waals surface area contributed by atoms with Crippen LogP contribution in [-0.2, 0) is 90.5 Å². The third-order valence-electron chi connectivity index (χ3n) is 23.7. The normalized spacial score (nSPS) is 31.9. The van der Waals surface area contributed by atoms with Crippen LogP contribution in [0.15, 0.2) is 12.2 Å². The Morgan fingerprint density at radius 3 is 1.20 bits per heavy atom. The standard InChI is InChI=1S/C85H148N4O38/c1-7-9-11-13-15-17-19-21-22-23-24-26-28-30-32-34-36-38-62(103)89-52(53(98)37-35-33-31-29-27-25-20-18-16-14-12-10-8-2)46-118-78-71(109)70(108)73(61(45-93)120-78)121-79-72(110)77(67(105)58(42-90)119-79)127-85(82(115)116)41-56(101)65(88-50(5)96)76(126-85)69(107)60(44-92)123-84(81(113)114)40-55(100)64(87-49(4)95)75(125-84)68(106)59(43-91)122-83(80(111)112)39-54(99)63(86-48(3)94)74(124-83)66(104)57(102)47-117-51(6)97/h35,37,52-61,63-79,90-93,98-102,104-110H,7-34,36,38-47H2,1-6H3,(H,86,94)(H,87,95)(H,88,96)(H,89,103)(H,111,112)(H,113,114)(H,115,116)/b37-35+/t52-,53+,54?,55?,56?,57+,58?,59+,60+,61?,63+,64+,65+,66+,67-,68+,69+,70+,71?,72?,73+,74?,75?,76?,77-,78+,79-,83+,84+,85-/m0/s1. The number of aliphatic carboxylic acids is 3. The molecule has 736 valence electrons. The number of rotatable bonds is 62. The number of carbonyl (C=O) groups is 8. The molecule has 0 saturated carbocycles. The zero-order valence-corrected chi connectivity index (χ0v) is 74.1. The van der Waals surface area contributed by atoms with Gasteiger partial charge in [0.2, 0.25) is 23.6 Å². The lowest BCUT2D eigenvalue weighted by Crippen LogP contribution is -2.72. The highest BCUT2D eigenvalue weighted by Crippen LogP contribution is 2.43. The van der Waals surface area contributed by atoms with Crippen molar-refractivity contribution in [2.45, 2.75) is 436 Å². The van der Waals surface area contributed by atoms with E-state index in [1.165, 1.54) is 115 Å². The average molecular weight is 1830 g/mol. The van der Waals surface area contributed by atoms with E-state index in [0.29, 0.717) is 12.8 Å². The molecule has 5 saturated heterocycles. The Bertz CT molecular complexity index is 3260. The van der Waals surface area contributed by atoms with Gasteiger partial charge in [0.25, 0.3) is 17.4 Å². The number of hydrogen-bond donors (Lipinski definition) is 23. The Morgan fingerprint density at radius 2 is 0.819 bits per heavy atom. The van der Waals surface area contributed by atoms with Crippen molar-refractivity contribution in [1.29, 1.82) is 0 Å². The van der Waals surface area contributed by atoms with Crippen LogP contribution in [0.25, 0.3) is 0 Å². The first kappa shape index (κ1) is 112. The molecule has 42 heteroatoms. The number of ether oxygens (including phenoxy) is 11. The molecule has 10 unspecified atom stereocenters. The van der Waals surface area contributed by atoms with E-state index in [1.54, 1.807) is 6.08 Å². The van der Waals surface area contributed by atoms with Gasteiger partial charge in [-0.2, -0.15) is 0 Å². The topological polar surface area (TPSA) is 671 Å². The summed E-state index contributed by atoms with van der Waals surface area (Å²) < 4.78 is 63.1. The minimum Gasteiger partial charge on any atom is -0.477 e. The van der Waals surface area contributed by atoms with Gasteiger partial charge >= 0.3 is 23.9 Å². The molecule has 5 rings (SSSR count). The summed E-state index contributed by atoms with van der Waals surface area (Å²) in [6.45, 7) is 1.03. The Balaban J connectivity index is 1.35. The van der Waals surface area contributed by atoms with Crippen molar-refractivity contribution in [3.8, 4) is 0 Å². The van der Waals surface area contributed by atoms with E-state index < -0.39 is 289 Å². The molecule has 0 aromatic heterocycles. The van der Waals surface area contributed by atoms with Gasteiger partial charge in [0.15, 0.2) is 12.6 Å². The molecular weight excluding hydrogens is 1680 g/mol. The molecule has 0 radical (unpaired) electrons. The fourth-order valence-electron chi connectivity index (χ4n) is 16.7. The zero-order chi connectivity index (χ0) is 94.3. The monoisotopic (exact) mass is 1830 g/mol. The Labute approximate surface area is 741 Å². The minimum absolute atomic E-state index is 0.120. The van der Waals surface area contributed by atoms with Gasteiger partial charge in [-0.05, 0) is 19.3 Å². The van der Waals surface area contributed by atoms with E-state index in [9.17, 15) is 135 Å². The molecule has 42 nitrogen and oxygen atoms in total. The molecule has 5 aliphatic heterocycles. The maximum atomic E-state index is 13.9. The number of aliphatic hydroxyl groups is 16. The van der Waals surface area contributed by atoms with Crippen molar-refractivity contribution < 1.29 is 187 Å². The summed E-state index contributed by atoms with van der Waals surface area (Å²) in [6.07, 6.45) is -20.2. The number of hydrogen-bond acceptors (Lipinski definition) is 35. The summed E-state index contributed by atoms with van der Waals surface area (Å²) in [5, 5.41) is 227. The molecule has 0 bridgehead atoms. The fourth-order valence-corrected chi connectivity index (χ4v) is 16.7. The van der Waals surface area contributed by atoms with E-state index in [-0.39, 0.29) is 6.42 Å². The number of carboxylic acid groups (broad SMARTS) is 3. The van der Waals surface area contributed by atoms with E-state index in [0.717, 1.165) is 91.9 Å². The van der Waals surface area contributed by atoms with Crippen LogP contribution in [0.4, 0.5) is 0 Å². The minimum atomic E-state index is -3.59. The third-order valence-corrected chi connectivity index (χ3v) is 23.7. The highest BCUT2D eigenvalue weighted by atomic mass is 16.8. The maximum absolute atomic E-state index is 13.9. The zero-order valence-electron chi connectivity index (χ0n) is 74.1. The van der Waals surface area contributed by atoms with Crippen molar-refractivity contribution in [2.75, 3.05) is 39.6 Å². The fraction of sp³-hybridized carbons (Fsp3) is 0.882. The van der Waals surface area contributed by atoms with Gasteiger partial charge in [0.05, 0.1) is 81.6 Å². The molecule has 5 fully saturated rings. The van der Waals surface area contributed by atoms with Gasteiger partial charge in [-0.15, -0.1) is 0 Å². The van der Waals surface area contributed by atoms with Crippen LogP contribution >= 0.6 is 0 Å². The van der Waals surface area contributed by atoms with E-state index in [1.807, 2.05) is 0 Å². The highest BCUT2D eigenvalue weighted by Gasteiger charge is 2.64. The Morgan fingerprint density at radius 1 is 0.441 bits per heavy atom. The van der Waals surface area contributed by atoms with E-state index >= 15 is 0 Å². The second-order valence-electron chi connectivity index (χ2n) is 34.2. The van der Waals surface area contributed by atoms with Gasteiger partial charge in [-0.1, -0.05) is 193 Å². The molecule has 0 aromatic rings. The molecule has 30 atom stereocenters.